The average molecular weight is 363 g/mol. The van der Waals surface area contributed by atoms with Gasteiger partial charge in [-0.25, -0.2) is 0 Å². The van der Waals surface area contributed by atoms with Crippen LogP contribution in [0, 0.1) is 5.92 Å². The first-order valence-corrected chi connectivity index (χ1v) is 8.26. The number of carbonyl (C=O) groups excluding carboxylic acids is 1. The zero-order valence-electron chi connectivity index (χ0n) is 13.7. The molecule has 2 aromatic carbocycles. The Morgan fingerprint density at radius 2 is 1.88 bits per heavy atom. The number of halogens is 3. The quantitative estimate of drug-likeness (QED) is 0.898. The number of fused-ring (bicyclic) bond motifs is 1. The van der Waals surface area contributed by atoms with E-state index in [1.54, 1.807) is 18.2 Å². The molecule has 4 nitrogen and oxygen atoms in total. The van der Waals surface area contributed by atoms with Crippen LogP contribution in [0.5, 0.6) is 11.5 Å². The van der Waals surface area contributed by atoms with Gasteiger partial charge in [0.25, 0.3) is 0 Å². The third kappa shape index (κ3) is 3.21. The second-order valence-electron chi connectivity index (χ2n) is 6.44. The van der Waals surface area contributed by atoms with Crippen LogP contribution >= 0.6 is 0 Å². The average Bonchev–Trinajstić information content (AvgIpc) is 3.28. The van der Waals surface area contributed by atoms with E-state index in [9.17, 15) is 18.0 Å². The fourth-order valence-corrected chi connectivity index (χ4v) is 3.28. The lowest BCUT2D eigenvalue weighted by Crippen LogP contribution is -2.25. The van der Waals surface area contributed by atoms with Gasteiger partial charge in [0, 0.05) is 12.5 Å². The molecule has 136 valence electrons. The van der Waals surface area contributed by atoms with E-state index in [0.29, 0.717) is 24.5 Å². The second kappa shape index (κ2) is 6.23. The maximum absolute atomic E-state index is 13.1. The zero-order chi connectivity index (χ0) is 18.3. The molecular formula is C19H16F3NO3. The van der Waals surface area contributed by atoms with Gasteiger partial charge >= 0.3 is 6.18 Å². The van der Waals surface area contributed by atoms with Crippen molar-refractivity contribution >= 4 is 5.91 Å². The molecule has 1 aliphatic carbocycles. The Hall–Kier alpha value is -2.70. The monoisotopic (exact) mass is 363 g/mol. The van der Waals surface area contributed by atoms with Crippen LogP contribution in [-0.2, 0) is 17.5 Å². The van der Waals surface area contributed by atoms with Crippen molar-refractivity contribution in [2.75, 3.05) is 6.79 Å². The highest BCUT2D eigenvalue weighted by atomic mass is 19.4. The number of ether oxygens (including phenoxy) is 2. The van der Waals surface area contributed by atoms with Crippen molar-refractivity contribution in [2.45, 2.75) is 25.1 Å². The maximum atomic E-state index is 13.1. The first kappa shape index (κ1) is 16.8. The van der Waals surface area contributed by atoms with Crippen molar-refractivity contribution in [1.29, 1.82) is 0 Å². The molecule has 1 fully saturated rings. The lowest BCUT2D eigenvalue weighted by atomic mass is 10.0. The van der Waals surface area contributed by atoms with E-state index in [2.05, 4.69) is 5.32 Å². The van der Waals surface area contributed by atoms with E-state index < -0.39 is 17.7 Å². The minimum atomic E-state index is -4.41. The third-order valence-corrected chi connectivity index (χ3v) is 4.70. The highest BCUT2D eigenvalue weighted by Gasteiger charge is 2.47. The molecule has 1 N–H and O–H groups in total. The van der Waals surface area contributed by atoms with Gasteiger partial charge in [-0.05, 0) is 41.7 Å². The number of rotatable bonds is 4. The fraction of sp³-hybridized carbons (Fsp3) is 0.316. The van der Waals surface area contributed by atoms with Gasteiger partial charge in [0.15, 0.2) is 11.5 Å². The Kier molecular flexibility index (Phi) is 4.01. The Labute approximate surface area is 147 Å². The topological polar surface area (TPSA) is 47.6 Å². The predicted octanol–water partition coefficient (Wildman–Crippen LogP) is 3.85. The van der Waals surface area contributed by atoms with Gasteiger partial charge in [0.1, 0.15) is 0 Å². The number of alkyl halides is 3. The SMILES string of the molecule is O=C(NCc1ccc2c(c1)OCO2)C1CC1c1ccccc1C(F)(F)F. The van der Waals surface area contributed by atoms with E-state index in [1.807, 2.05) is 6.07 Å². The van der Waals surface area contributed by atoms with Crippen LogP contribution < -0.4 is 14.8 Å². The molecule has 1 heterocycles. The molecule has 1 aliphatic heterocycles. The van der Waals surface area contributed by atoms with E-state index in [-0.39, 0.29) is 24.2 Å². The van der Waals surface area contributed by atoms with Crippen LogP contribution in [0.1, 0.15) is 29.0 Å². The number of carbonyl (C=O) groups is 1. The molecule has 2 aromatic rings. The molecule has 2 unspecified atom stereocenters. The van der Waals surface area contributed by atoms with Crippen molar-refractivity contribution in [3.05, 3.63) is 59.2 Å². The summed E-state index contributed by atoms with van der Waals surface area (Å²) in [5, 5.41) is 2.79. The Balaban J connectivity index is 1.39. The van der Waals surface area contributed by atoms with Crippen LogP contribution in [0.15, 0.2) is 42.5 Å². The van der Waals surface area contributed by atoms with Crippen LogP contribution in [-0.4, -0.2) is 12.7 Å². The number of nitrogens with one attached hydrogen (secondary N) is 1. The van der Waals surface area contributed by atoms with Gasteiger partial charge in [-0.15, -0.1) is 0 Å². The Bertz CT molecular complexity index is 850. The van der Waals surface area contributed by atoms with Gasteiger partial charge in [-0.1, -0.05) is 24.3 Å². The lowest BCUT2D eigenvalue weighted by molar-refractivity contribution is -0.138. The molecule has 0 aromatic heterocycles. The van der Waals surface area contributed by atoms with Crippen molar-refractivity contribution < 1.29 is 27.4 Å². The molecule has 7 heteroatoms. The van der Waals surface area contributed by atoms with Gasteiger partial charge < -0.3 is 14.8 Å². The van der Waals surface area contributed by atoms with Crippen molar-refractivity contribution in [2.24, 2.45) is 5.92 Å². The van der Waals surface area contributed by atoms with Crippen LogP contribution in [0.3, 0.4) is 0 Å². The summed E-state index contributed by atoms with van der Waals surface area (Å²) in [6, 6.07) is 10.8. The minimum absolute atomic E-state index is 0.174. The third-order valence-electron chi connectivity index (χ3n) is 4.70. The van der Waals surface area contributed by atoms with Gasteiger partial charge in [-0.3, -0.25) is 4.79 Å². The molecule has 1 amide bonds. The van der Waals surface area contributed by atoms with Crippen molar-refractivity contribution in [3.63, 3.8) is 0 Å². The Morgan fingerprint density at radius 3 is 2.69 bits per heavy atom. The van der Waals surface area contributed by atoms with E-state index in [4.69, 9.17) is 9.47 Å². The summed E-state index contributed by atoms with van der Waals surface area (Å²) >= 11 is 0. The molecule has 26 heavy (non-hydrogen) atoms. The van der Waals surface area contributed by atoms with E-state index >= 15 is 0 Å². The molecule has 0 saturated heterocycles. The van der Waals surface area contributed by atoms with Gasteiger partial charge in [0.2, 0.25) is 12.7 Å². The smallest absolute Gasteiger partial charge is 0.416 e. The maximum Gasteiger partial charge on any atom is 0.416 e. The molecule has 1 saturated carbocycles. The molecular weight excluding hydrogens is 347 g/mol. The van der Waals surface area contributed by atoms with Crippen LogP contribution in [0.25, 0.3) is 0 Å². The summed E-state index contributed by atoms with van der Waals surface area (Å²) in [6.45, 7) is 0.465. The van der Waals surface area contributed by atoms with Crippen molar-refractivity contribution in [3.8, 4) is 11.5 Å². The summed E-state index contributed by atoms with van der Waals surface area (Å²) in [6.07, 6.45) is -3.98. The normalized spacial score (nSPS) is 20.7. The van der Waals surface area contributed by atoms with Crippen molar-refractivity contribution in [1.82, 2.24) is 5.32 Å². The fourth-order valence-electron chi connectivity index (χ4n) is 3.28. The Morgan fingerprint density at radius 1 is 1.12 bits per heavy atom. The number of amides is 1. The van der Waals surface area contributed by atoms with Gasteiger partial charge in [-0.2, -0.15) is 13.2 Å². The largest absolute Gasteiger partial charge is 0.454 e. The molecule has 2 atom stereocenters. The first-order valence-electron chi connectivity index (χ1n) is 8.26. The standard InChI is InChI=1S/C19H16F3NO3/c20-19(21,22)15-4-2-1-3-12(15)13-8-14(13)18(24)23-9-11-5-6-16-17(7-11)26-10-25-16/h1-7,13-14H,8-10H2,(H,23,24). The summed E-state index contributed by atoms with van der Waals surface area (Å²) in [4.78, 5) is 12.3. The molecule has 0 radical (unpaired) electrons. The lowest BCUT2D eigenvalue weighted by Gasteiger charge is -2.12. The summed E-state index contributed by atoms with van der Waals surface area (Å²) in [7, 11) is 0. The molecule has 0 bridgehead atoms. The van der Waals surface area contributed by atoms with Crippen LogP contribution in [0.2, 0.25) is 0 Å². The predicted molar refractivity (Wildman–Crippen MR) is 86.7 cm³/mol. The molecule has 0 spiro atoms. The van der Waals surface area contributed by atoms with E-state index in [1.165, 1.54) is 12.1 Å². The highest BCUT2D eigenvalue weighted by molar-refractivity contribution is 5.83. The molecule has 4 rings (SSSR count). The summed E-state index contributed by atoms with van der Waals surface area (Å²) in [5.41, 5.74) is 0.384. The van der Waals surface area contributed by atoms with E-state index in [0.717, 1.165) is 11.6 Å². The number of hydrogen-bond donors (Lipinski definition) is 1. The second-order valence-corrected chi connectivity index (χ2v) is 6.44. The molecule has 2 aliphatic rings. The number of hydrogen-bond acceptors (Lipinski definition) is 3. The summed E-state index contributed by atoms with van der Waals surface area (Å²) in [5.74, 6) is 0.243. The summed E-state index contributed by atoms with van der Waals surface area (Å²) < 4.78 is 49.9. The van der Waals surface area contributed by atoms with Gasteiger partial charge in [0.05, 0.1) is 5.56 Å². The highest BCUT2D eigenvalue weighted by Crippen LogP contribution is 2.51. The number of benzene rings is 2. The zero-order valence-corrected chi connectivity index (χ0v) is 13.7. The minimum Gasteiger partial charge on any atom is -0.454 e. The first-order chi connectivity index (χ1) is 12.4. The van der Waals surface area contributed by atoms with Crippen LogP contribution in [0.4, 0.5) is 13.2 Å².